The van der Waals surface area contributed by atoms with E-state index >= 15 is 0 Å². The van der Waals surface area contributed by atoms with E-state index in [4.69, 9.17) is 9.15 Å². The van der Waals surface area contributed by atoms with E-state index < -0.39 is 5.97 Å². The molecule has 1 aliphatic heterocycles. The number of nitrogens with one attached hydrogen (secondary N) is 2. The predicted molar refractivity (Wildman–Crippen MR) is 96.1 cm³/mol. The monoisotopic (exact) mass is 374 g/mol. The van der Waals surface area contributed by atoms with Gasteiger partial charge in [0.1, 0.15) is 6.54 Å². The number of carbonyl (C=O) groups excluding carboxylic acids is 3. The van der Waals surface area contributed by atoms with Gasteiger partial charge in [-0.05, 0) is 31.5 Å². The molecule has 2 aromatic rings. The first-order valence-electron chi connectivity index (χ1n) is 8.89. The molecule has 0 unspecified atom stereocenters. The number of quaternary nitrogens is 1. The summed E-state index contributed by atoms with van der Waals surface area (Å²) in [6.07, 6.45) is 1.48. The molecule has 3 rings (SSSR count). The van der Waals surface area contributed by atoms with Gasteiger partial charge in [0.25, 0.3) is 5.91 Å². The van der Waals surface area contributed by atoms with Gasteiger partial charge in [0.15, 0.2) is 5.76 Å². The number of aryl methyl sites for hydroxylation is 1. The molecule has 0 aliphatic carbocycles. The number of ketones is 1. The Morgan fingerprint density at radius 3 is 2.56 bits per heavy atom. The number of rotatable bonds is 5. The minimum absolute atomic E-state index is 0.0495. The summed E-state index contributed by atoms with van der Waals surface area (Å²) in [5, 5.41) is 0. The van der Waals surface area contributed by atoms with Crippen LogP contribution in [0, 0.1) is 13.8 Å². The van der Waals surface area contributed by atoms with Crippen molar-refractivity contribution in [1.82, 2.24) is 9.88 Å². The highest BCUT2D eigenvalue weighted by Gasteiger charge is 2.29. The summed E-state index contributed by atoms with van der Waals surface area (Å²) in [5.41, 5.74) is 2.13. The van der Waals surface area contributed by atoms with E-state index in [1.165, 1.54) is 13.4 Å². The Morgan fingerprint density at radius 2 is 1.96 bits per heavy atom. The standard InChI is InChI=1S/C19H23N3O5/c1-12-16(19(25)26-3)13(2)20-17(12)14(23)11-21-6-8-22(9-7-21)18(24)15-5-4-10-27-15/h4-5,10,20H,6-9,11H2,1-3H3/p+1. The highest BCUT2D eigenvalue weighted by Crippen LogP contribution is 2.19. The second-order valence-corrected chi connectivity index (χ2v) is 6.74. The molecule has 0 atom stereocenters. The first-order chi connectivity index (χ1) is 12.9. The Labute approximate surface area is 157 Å². The highest BCUT2D eigenvalue weighted by atomic mass is 16.5. The Hall–Kier alpha value is -2.87. The molecule has 0 radical (unpaired) electrons. The SMILES string of the molecule is COC(=O)c1c(C)[nH]c(C(=O)C[NH+]2CCN(C(=O)c3ccco3)CC2)c1C. The molecular formula is C19H24N3O5+. The Balaban J connectivity index is 1.60. The molecule has 1 amide bonds. The van der Waals surface area contributed by atoms with Gasteiger partial charge in [-0.25, -0.2) is 4.79 Å². The maximum Gasteiger partial charge on any atom is 0.339 e. The van der Waals surface area contributed by atoms with Gasteiger partial charge >= 0.3 is 5.97 Å². The number of ether oxygens (including phenoxy) is 1. The fourth-order valence-corrected chi connectivity index (χ4v) is 3.51. The second-order valence-electron chi connectivity index (χ2n) is 6.74. The van der Waals surface area contributed by atoms with E-state index in [0.29, 0.717) is 61.0 Å². The maximum absolute atomic E-state index is 12.7. The van der Waals surface area contributed by atoms with E-state index in [1.54, 1.807) is 30.9 Å². The minimum Gasteiger partial charge on any atom is -0.465 e. The van der Waals surface area contributed by atoms with Crippen LogP contribution in [0.2, 0.25) is 0 Å². The molecule has 2 aromatic heterocycles. The van der Waals surface area contributed by atoms with Crippen molar-refractivity contribution < 1.29 is 28.4 Å². The lowest BCUT2D eigenvalue weighted by Gasteiger charge is -2.31. The van der Waals surface area contributed by atoms with E-state index in [1.807, 2.05) is 0 Å². The van der Waals surface area contributed by atoms with Gasteiger partial charge in [-0.3, -0.25) is 9.59 Å². The predicted octanol–water partition coefficient (Wildman–Crippen LogP) is 0.235. The molecule has 1 fully saturated rings. The molecule has 144 valence electrons. The maximum atomic E-state index is 12.7. The topological polar surface area (TPSA) is 97.0 Å². The molecular weight excluding hydrogens is 350 g/mol. The number of carbonyl (C=O) groups is 3. The first-order valence-corrected chi connectivity index (χ1v) is 8.89. The van der Waals surface area contributed by atoms with E-state index in [2.05, 4.69) is 4.98 Å². The average Bonchev–Trinajstić information content (AvgIpc) is 3.29. The van der Waals surface area contributed by atoms with Crippen molar-refractivity contribution in [3.05, 3.63) is 46.7 Å². The van der Waals surface area contributed by atoms with Crippen LogP contribution in [-0.2, 0) is 4.74 Å². The van der Waals surface area contributed by atoms with E-state index in [9.17, 15) is 14.4 Å². The number of esters is 1. The van der Waals surface area contributed by atoms with E-state index in [-0.39, 0.29) is 11.7 Å². The van der Waals surface area contributed by atoms with Crippen LogP contribution in [-0.4, -0.2) is 67.4 Å². The lowest BCUT2D eigenvalue weighted by atomic mass is 10.1. The quantitative estimate of drug-likeness (QED) is 0.577. The van der Waals surface area contributed by atoms with Crippen molar-refractivity contribution in [2.75, 3.05) is 39.8 Å². The van der Waals surface area contributed by atoms with Gasteiger partial charge in [0, 0.05) is 5.69 Å². The van der Waals surface area contributed by atoms with Crippen LogP contribution < -0.4 is 4.90 Å². The number of aromatic nitrogens is 1. The lowest BCUT2D eigenvalue weighted by Crippen LogP contribution is -3.15. The number of H-pyrrole nitrogens is 1. The van der Waals surface area contributed by atoms with Crippen LogP contribution in [0.3, 0.4) is 0 Å². The first kappa shape index (κ1) is 18.9. The zero-order chi connectivity index (χ0) is 19.6. The molecule has 0 saturated carbocycles. The van der Waals surface area contributed by atoms with Gasteiger partial charge in [-0.15, -0.1) is 0 Å². The van der Waals surface area contributed by atoms with Crippen LogP contribution in [0.25, 0.3) is 0 Å². The number of furan rings is 1. The molecule has 0 aromatic carbocycles. The Kier molecular flexibility index (Phi) is 5.46. The van der Waals surface area contributed by atoms with Crippen molar-refractivity contribution in [1.29, 1.82) is 0 Å². The van der Waals surface area contributed by atoms with Crippen LogP contribution >= 0.6 is 0 Å². The molecule has 8 nitrogen and oxygen atoms in total. The van der Waals surface area contributed by atoms with Gasteiger partial charge in [-0.1, -0.05) is 0 Å². The van der Waals surface area contributed by atoms with Crippen LogP contribution in [0.5, 0.6) is 0 Å². The number of aromatic amines is 1. The smallest absolute Gasteiger partial charge is 0.339 e. The summed E-state index contributed by atoms with van der Waals surface area (Å²) >= 11 is 0. The molecule has 1 aliphatic rings. The number of piperazine rings is 1. The summed E-state index contributed by atoms with van der Waals surface area (Å²) in [5.74, 6) is -0.282. The lowest BCUT2D eigenvalue weighted by molar-refractivity contribution is -0.895. The van der Waals surface area contributed by atoms with Crippen molar-refractivity contribution >= 4 is 17.7 Å². The van der Waals surface area contributed by atoms with Gasteiger partial charge in [0.05, 0.1) is 50.8 Å². The van der Waals surface area contributed by atoms with Crippen LogP contribution in [0.1, 0.15) is 42.7 Å². The van der Waals surface area contributed by atoms with Crippen molar-refractivity contribution in [2.45, 2.75) is 13.8 Å². The molecule has 3 heterocycles. The molecule has 8 heteroatoms. The zero-order valence-electron chi connectivity index (χ0n) is 15.8. The third-order valence-corrected chi connectivity index (χ3v) is 5.01. The van der Waals surface area contributed by atoms with Crippen molar-refractivity contribution in [3.63, 3.8) is 0 Å². The zero-order valence-corrected chi connectivity index (χ0v) is 15.8. The summed E-state index contributed by atoms with van der Waals surface area (Å²) in [6, 6.07) is 3.34. The summed E-state index contributed by atoms with van der Waals surface area (Å²) < 4.78 is 9.94. The summed E-state index contributed by atoms with van der Waals surface area (Å²) in [6.45, 7) is 6.31. The van der Waals surface area contributed by atoms with Crippen molar-refractivity contribution in [2.24, 2.45) is 0 Å². The Morgan fingerprint density at radius 1 is 1.26 bits per heavy atom. The fraction of sp³-hybridized carbons (Fsp3) is 0.421. The molecule has 0 bridgehead atoms. The van der Waals surface area contributed by atoms with Gasteiger partial charge in [-0.2, -0.15) is 0 Å². The Bertz CT molecular complexity index is 845. The van der Waals surface area contributed by atoms with Gasteiger partial charge in [0.2, 0.25) is 5.78 Å². The third kappa shape index (κ3) is 3.80. The molecule has 1 saturated heterocycles. The average molecular weight is 374 g/mol. The minimum atomic E-state index is -0.447. The number of hydrogen-bond donors (Lipinski definition) is 2. The van der Waals surface area contributed by atoms with Crippen molar-refractivity contribution in [3.8, 4) is 0 Å². The number of methoxy groups -OCH3 is 1. The molecule has 27 heavy (non-hydrogen) atoms. The number of nitrogens with zero attached hydrogens (tertiary/aromatic N) is 1. The summed E-state index contributed by atoms with van der Waals surface area (Å²) in [4.78, 5) is 42.8. The highest BCUT2D eigenvalue weighted by molar-refractivity contribution is 6.02. The van der Waals surface area contributed by atoms with Crippen LogP contribution in [0.4, 0.5) is 0 Å². The third-order valence-electron chi connectivity index (χ3n) is 5.01. The number of Topliss-reactive ketones (excluding diaryl/α,β-unsaturated/α-hetero) is 1. The normalized spacial score (nSPS) is 15.0. The summed E-state index contributed by atoms with van der Waals surface area (Å²) in [7, 11) is 1.32. The molecule has 0 spiro atoms. The van der Waals surface area contributed by atoms with Crippen LogP contribution in [0.15, 0.2) is 22.8 Å². The van der Waals surface area contributed by atoms with Gasteiger partial charge < -0.3 is 23.9 Å². The number of hydrogen-bond acceptors (Lipinski definition) is 5. The second kappa shape index (κ2) is 7.79. The molecule has 2 N–H and O–H groups in total. The largest absolute Gasteiger partial charge is 0.465 e. The van der Waals surface area contributed by atoms with E-state index in [0.717, 1.165) is 4.90 Å². The fourth-order valence-electron chi connectivity index (χ4n) is 3.51. The number of amides is 1.